The molecular formula is C25H30N2O2. The number of carbonyl (C=O) groups excluding carboxylic acids is 1. The van der Waals surface area contributed by atoms with Crippen molar-refractivity contribution in [1.29, 1.82) is 0 Å². The third kappa shape index (κ3) is 3.46. The van der Waals surface area contributed by atoms with Crippen molar-refractivity contribution in [1.82, 2.24) is 9.47 Å². The molecule has 1 fully saturated rings. The molecular weight excluding hydrogens is 360 g/mol. The molecule has 4 heteroatoms. The quantitative estimate of drug-likeness (QED) is 0.659. The van der Waals surface area contributed by atoms with Crippen molar-refractivity contribution in [3.8, 4) is 0 Å². The molecule has 1 N–H and O–H groups in total. The van der Waals surface area contributed by atoms with Crippen molar-refractivity contribution in [3.05, 3.63) is 71.4 Å². The lowest BCUT2D eigenvalue weighted by atomic mass is 9.60. The van der Waals surface area contributed by atoms with Crippen molar-refractivity contribution in [2.24, 2.45) is 0 Å². The minimum absolute atomic E-state index is 0.0151. The van der Waals surface area contributed by atoms with E-state index >= 15 is 0 Å². The fourth-order valence-corrected chi connectivity index (χ4v) is 4.60. The highest BCUT2D eigenvalue weighted by Gasteiger charge is 2.42. The van der Waals surface area contributed by atoms with Crippen LogP contribution >= 0.6 is 0 Å². The number of nitrogens with zero attached hydrogens (tertiary/aromatic N) is 2. The van der Waals surface area contributed by atoms with Gasteiger partial charge >= 0.3 is 0 Å². The average Bonchev–Trinajstić information content (AvgIpc) is 3.07. The molecule has 1 aliphatic carbocycles. The second-order valence-corrected chi connectivity index (χ2v) is 8.21. The average molecular weight is 391 g/mol. The van der Waals surface area contributed by atoms with E-state index in [-0.39, 0.29) is 17.9 Å². The minimum Gasteiger partial charge on any atom is -0.395 e. The van der Waals surface area contributed by atoms with Gasteiger partial charge in [0.25, 0.3) is 0 Å². The lowest BCUT2D eigenvalue weighted by Gasteiger charge is -2.43. The molecule has 1 aliphatic rings. The molecule has 1 amide bonds. The highest BCUT2D eigenvalue weighted by atomic mass is 16.3. The van der Waals surface area contributed by atoms with Crippen molar-refractivity contribution in [2.45, 2.75) is 44.6 Å². The summed E-state index contributed by atoms with van der Waals surface area (Å²) in [6, 6.07) is 17.5. The zero-order valence-electron chi connectivity index (χ0n) is 17.4. The van der Waals surface area contributed by atoms with Crippen LogP contribution in [0.15, 0.2) is 54.7 Å². The van der Waals surface area contributed by atoms with Crippen LogP contribution in [0.1, 0.15) is 42.9 Å². The van der Waals surface area contributed by atoms with Gasteiger partial charge in [0.15, 0.2) is 0 Å². The maximum absolute atomic E-state index is 12.6. The number of amides is 1. The Bertz CT molecular complexity index is 999. The summed E-state index contributed by atoms with van der Waals surface area (Å²) in [5.41, 5.74) is 5.22. The van der Waals surface area contributed by atoms with Crippen molar-refractivity contribution >= 4 is 16.8 Å². The Morgan fingerprint density at radius 3 is 2.48 bits per heavy atom. The first-order valence-electron chi connectivity index (χ1n) is 10.6. The molecule has 4 nitrogen and oxygen atoms in total. The van der Waals surface area contributed by atoms with Crippen molar-refractivity contribution in [2.75, 3.05) is 20.2 Å². The molecule has 0 spiro atoms. The van der Waals surface area contributed by atoms with Crippen LogP contribution in [0, 0.1) is 0 Å². The van der Waals surface area contributed by atoms with Gasteiger partial charge in [0, 0.05) is 36.1 Å². The number of para-hydroxylation sites is 1. The number of aromatic nitrogens is 1. The van der Waals surface area contributed by atoms with Crippen LogP contribution in [0.4, 0.5) is 0 Å². The van der Waals surface area contributed by atoms with E-state index in [1.807, 2.05) is 6.07 Å². The predicted molar refractivity (Wildman–Crippen MR) is 117 cm³/mol. The summed E-state index contributed by atoms with van der Waals surface area (Å²) in [4.78, 5) is 14.2. The number of aliphatic hydroxyl groups excluding tert-OH is 1. The molecule has 1 heterocycles. The first-order valence-corrected chi connectivity index (χ1v) is 10.6. The Kier molecular flexibility index (Phi) is 5.46. The smallest absolute Gasteiger partial charge is 0.242 e. The Labute approximate surface area is 172 Å². The number of aryl methyl sites for hydroxylation is 1. The molecule has 4 rings (SSSR count). The molecule has 0 atom stereocenters. The number of benzene rings is 2. The summed E-state index contributed by atoms with van der Waals surface area (Å²) in [5.74, 6) is 0.0151. The SMILES string of the molecule is CCc1ccc(C2(c3cn(CC(=O)N(C)CCO)c4ccccc34)CCC2)cc1. The number of rotatable bonds is 7. The van der Waals surface area contributed by atoms with Gasteiger partial charge in [-0.2, -0.15) is 0 Å². The van der Waals surface area contributed by atoms with Crippen LogP contribution in [0.25, 0.3) is 10.9 Å². The molecule has 2 aromatic carbocycles. The van der Waals surface area contributed by atoms with E-state index in [9.17, 15) is 4.79 Å². The highest BCUT2D eigenvalue weighted by Crippen LogP contribution is 2.51. The Morgan fingerprint density at radius 1 is 1.14 bits per heavy atom. The van der Waals surface area contributed by atoms with E-state index in [1.165, 1.54) is 28.5 Å². The van der Waals surface area contributed by atoms with Crippen LogP contribution < -0.4 is 0 Å². The van der Waals surface area contributed by atoms with E-state index < -0.39 is 0 Å². The fraction of sp³-hybridized carbons (Fsp3) is 0.400. The van der Waals surface area contributed by atoms with E-state index in [2.05, 4.69) is 60.2 Å². The van der Waals surface area contributed by atoms with Gasteiger partial charge in [0.05, 0.1) is 6.61 Å². The molecule has 0 unspecified atom stereocenters. The lowest BCUT2D eigenvalue weighted by Crippen LogP contribution is -2.35. The standard InChI is InChI=1S/C25H30N2O2/c1-3-19-9-11-20(12-10-19)25(13-6-14-25)22-17-27(18-24(29)26(2)15-16-28)23-8-5-4-7-21(22)23/h4-5,7-12,17,28H,3,6,13-16,18H2,1-2H3. The van der Waals surface area contributed by atoms with Gasteiger partial charge in [-0.05, 0) is 42.0 Å². The monoisotopic (exact) mass is 390 g/mol. The molecule has 3 aromatic rings. The van der Waals surface area contributed by atoms with E-state index in [0.29, 0.717) is 13.1 Å². The van der Waals surface area contributed by atoms with Crippen LogP contribution in [0.3, 0.4) is 0 Å². The minimum atomic E-state index is -0.0171. The summed E-state index contributed by atoms with van der Waals surface area (Å²) in [6.45, 7) is 2.82. The zero-order chi connectivity index (χ0) is 20.4. The summed E-state index contributed by atoms with van der Waals surface area (Å²) >= 11 is 0. The first-order chi connectivity index (χ1) is 14.1. The Balaban J connectivity index is 1.76. The number of hydrogen-bond donors (Lipinski definition) is 1. The topological polar surface area (TPSA) is 45.5 Å². The second-order valence-electron chi connectivity index (χ2n) is 8.21. The third-order valence-corrected chi connectivity index (χ3v) is 6.59. The summed E-state index contributed by atoms with van der Waals surface area (Å²) in [5, 5.41) is 10.4. The van der Waals surface area contributed by atoms with Crippen LogP contribution in [-0.2, 0) is 23.2 Å². The van der Waals surface area contributed by atoms with Crippen molar-refractivity contribution < 1.29 is 9.90 Å². The molecule has 0 bridgehead atoms. The zero-order valence-corrected chi connectivity index (χ0v) is 17.4. The van der Waals surface area contributed by atoms with Gasteiger partial charge in [-0.15, -0.1) is 0 Å². The van der Waals surface area contributed by atoms with Gasteiger partial charge in [-0.3, -0.25) is 4.79 Å². The van der Waals surface area contributed by atoms with Gasteiger partial charge in [0.1, 0.15) is 6.54 Å². The summed E-state index contributed by atoms with van der Waals surface area (Å²) < 4.78 is 2.08. The molecule has 152 valence electrons. The second kappa shape index (κ2) is 8.03. The number of hydrogen-bond acceptors (Lipinski definition) is 2. The number of aliphatic hydroxyl groups is 1. The Hall–Kier alpha value is -2.59. The molecule has 0 radical (unpaired) electrons. The van der Waals surface area contributed by atoms with Gasteiger partial charge < -0.3 is 14.6 Å². The molecule has 29 heavy (non-hydrogen) atoms. The maximum atomic E-state index is 12.6. The van der Waals surface area contributed by atoms with Gasteiger partial charge in [0.2, 0.25) is 5.91 Å². The number of likely N-dealkylation sites (N-methyl/N-ethyl adjacent to an activating group) is 1. The third-order valence-electron chi connectivity index (χ3n) is 6.59. The van der Waals surface area contributed by atoms with E-state index in [0.717, 1.165) is 24.8 Å². The predicted octanol–water partition coefficient (Wildman–Crippen LogP) is 4.12. The molecule has 0 saturated heterocycles. The van der Waals surface area contributed by atoms with Gasteiger partial charge in [-0.1, -0.05) is 55.8 Å². The fourth-order valence-electron chi connectivity index (χ4n) is 4.60. The van der Waals surface area contributed by atoms with Crippen LogP contribution in [-0.4, -0.2) is 40.7 Å². The normalized spacial score (nSPS) is 15.3. The molecule has 1 aromatic heterocycles. The summed E-state index contributed by atoms with van der Waals surface area (Å²) in [6.07, 6.45) is 6.77. The largest absolute Gasteiger partial charge is 0.395 e. The van der Waals surface area contributed by atoms with Gasteiger partial charge in [-0.25, -0.2) is 0 Å². The first kappa shape index (κ1) is 19.7. The summed E-state index contributed by atoms with van der Waals surface area (Å²) in [7, 11) is 1.74. The van der Waals surface area contributed by atoms with E-state index in [1.54, 1.807) is 11.9 Å². The number of fused-ring (bicyclic) bond motifs is 1. The van der Waals surface area contributed by atoms with Crippen molar-refractivity contribution in [3.63, 3.8) is 0 Å². The lowest BCUT2D eigenvalue weighted by molar-refractivity contribution is -0.130. The Morgan fingerprint density at radius 2 is 1.86 bits per heavy atom. The highest BCUT2D eigenvalue weighted by molar-refractivity contribution is 5.88. The number of carbonyl (C=O) groups is 1. The van der Waals surface area contributed by atoms with Crippen LogP contribution in [0.5, 0.6) is 0 Å². The molecule has 0 aliphatic heterocycles. The maximum Gasteiger partial charge on any atom is 0.242 e. The van der Waals surface area contributed by atoms with E-state index in [4.69, 9.17) is 5.11 Å². The van der Waals surface area contributed by atoms with Crippen LogP contribution in [0.2, 0.25) is 0 Å². The molecule has 1 saturated carbocycles.